The minimum absolute atomic E-state index is 0.322. The first-order valence-electron chi connectivity index (χ1n) is 3.28. The van der Waals surface area contributed by atoms with Gasteiger partial charge in [0.15, 0.2) is 0 Å². The van der Waals surface area contributed by atoms with E-state index in [0.29, 0.717) is 5.75 Å². The number of hydrogen-bond acceptors (Lipinski definition) is 6. The normalized spacial score (nSPS) is 5.33. The Bertz CT molecular complexity index is 281. The van der Waals surface area contributed by atoms with E-state index in [1.807, 2.05) is 6.07 Å². The van der Waals surface area contributed by atoms with E-state index in [9.17, 15) is 0 Å². The third-order valence-corrected chi connectivity index (χ3v) is 0.756. The molecule has 7 heteroatoms. The van der Waals surface area contributed by atoms with Crippen LogP contribution in [0.1, 0.15) is 0 Å². The average molecular weight is 229 g/mol. The van der Waals surface area contributed by atoms with Crippen LogP contribution in [0, 0.1) is 10.8 Å². The lowest BCUT2D eigenvalue weighted by Gasteiger charge is -1.82. The van der Waals surface area contributed by atoms with E-state index in [2.05, 4.69) is 0 Å². The Kier molecular flexibility index (Phi) is 28.1. The van der Waals surface area contributed by atoms with Crippen molar-refractivity contribution < 1.29 is 19.3 Å². The van der Waals surface area contributed by atoms with Crippen molar-refractivity contribution in [2.24, 2.45) is 0 Å². The first kappa shape index (κ1) is 18.6. The highest BCUT2D eigenvalue weighted by Gasteiger charge is 1.74. The van der Waals surface area contributed by atoms with Crippen LogP contribution in [0.2, 0.25) is 0 Å². The second-order valence-electron chi connectivity index (χ2n) is 1.54. The zero-order chi connectivity index (χ0) is 12.5. The molecule has 1 unspecified atom stereocenters. The minimum atomic E-state index is 0.322. The van der Waals surface area contributed by atoms with Gasteiger partial charge in [0.2, 0.25) is 12.2 Å². The Morgan fingerprint density at radius 3 is 1.40 bits per heavy atom. The molecule has 1 aromatic rings. The van der Waals surface area contributed by atoms with Crippen LogP contribution >= 0.6 is 9.12 Å². The van der Waals surface area contributed by atoms with Gasteiger partial charge in [-0.25, -0.2) is 20.4 Å². The summed E-state index contributed by atoms with van der Waals surface area (Å²) in [5, 5.41) is 19.4. The maximum Gasteiger partial charge on any atom is 0.310 e. The summed E-state index contributed by atoms with van der Waals surface area (Å²) in [5.74, 6) is 0.322. The van der Waals surface area contributed by atoms with Crippen LogP contribution in [0.15, 0.2) is 30.3 Å². The molecule has 0 amide bonds. The fraction of sp³-hybridized carbons (Fsp3) is 0. The summed E-state index contributed by atoms with van der Waals surface area (Å²) in [7, 11) is 1.17. The van der Waals surface area contributed by atoms with Crippen molar-refractivity contribution in [3.8, 4) is 5.75 Å². The molecular formula is C8H10N2O4P+. The molecule has 0 fully saturated rings. The Balaban J connectivity index is -0.000000154. The lowest BCUT2D eigenvalue weighted by atomic mass is 10.3. The largest absolute Gasteiger partial charge is 0.508 e. The number of hydrogen-bond donors (Lipinski definition) is 3. The standard InChI is InChI=1S/C6H6O.2CHNO.H2OP/c7-6-4-2-1-3-5-6;2*2-1-3;1-2/h1-5,7H;2*2H;2H2/q;;;+1. The number of aromatic hydroxyl groups is 1. The second kappa shape index (κ2) is 22.6. The molecule has 1 aromatic carbocycles. The summed E-state index contributed by atoms with van der Waals surface area (Å²) in [6.45, 7) is 0. The smallest absolute Gasteiger partial charge is 0.310 e. The van der Waals surface area contributed by atoms with E-state index in [-0.39, 0.29) is 0 Å². The van der Waals surface area contributed by atoms with Gasteiger partial charge in [0.25, 0.3) is 0 Å². The quantitative estimate of drug-likeness (QED) is 0.353. The number of isocyanates is 2. The number of phenolic OH excluding ortho intramolecular Hbond substituents is 1. The first-order chi connectivity index (χ1) is 7.22. The summed E-state index contributed by atoms with van der Waals surface area (Å²) in [5.41, 5.74) is 0. The van der Waals surface area contributed by atoms with Gasteiger partial charge in [0, 0.05) is 0 Å². The van der Waals surface area contributed by atoms with Crippen LogP contribution in [-0.2, 0) is 14.2 Å². The number of phenols is 1. The molecule has 0 aliphatic heterocycles. The van der Waals surface area contributed by atoms with E-state index >= 15 is 0 Å². The summed E-state index contributed by atoms with van der Waals surface area (Å²) in [6, 6.07) is 8.71. The van der Waals surface area contributed by atoms with E-state index < -0.39 is 0 Å². The molecule has 6 nitrogen and oxygen atoms in total. The molecule has 0 radical (unpaired) electrons. The monoisotopic (exact) mass is 229 g/mol. The van der Waals surface area contributed by atoms with E-state index in [1.54, 1.807) is 24.3 Å². The van der Waals surface area contributed by atoms with Crippen LogP contribution < -0.4 is 0 Å². The molecule has 3 N–H and O–H groups in total. The predicted molar refractivity (Wildman–Crippen MR) is 55.3 cm³/mol. The van der Waals surface area contributed by atoms with E-state index in [0.717, 1.165) is 12.2 Å². The van der Waals surface area contributed by atoms with Gasteiger partial charge in [-0.05, 0) is 12.1 Å². The van der Waals surface area contributed by atoms with Crippen molar-refractivity contribution in [2.45, 2.75) is 0 Å². The van der Waals surface area contributed by atoms with Gasteiger partial charge >= 0.3 is 9.12 Å². The molecule has 0 saturated heterocycles. The lowest BCUT2D eigenvalue weighted by molar-refractivity contribution is 0.475. The van der Waals surface area contributed by atoms with Crippen molar-refractivity contribution in [3.63, 3.8) is 0 Å². The van der Waals surface area contributed by atoms with Gasteiger partial charge in [-0.2, -0.15) is 0 Å². The van der Waals surface area contributed by atoms with E-state index in [1.165, 1.54) is 9.12 Å². The summed E-state index contributed by atoms with van der Waals surface area (Å²) in [6.07, 6.45) is 1.50. The molecule has 0 aliphatic rings. The fourth-order valence-electron chi connectivity index (χ4n) is 0.428. The van der Waals surface area contributed by atoms with Gasteiger partial charge in [-0.15, -0.1) is 0 Å². The molecule has 0 bridgehead atoms. The van der Waals surface area contributed by atoms with Crippen LogP contribution in [0.4, 0.5) is 0 Å². The molecule has 0 heterocycles. The predicted octanol–water partition coefficient (Wildman–Crippen LogP) is 1.40. The van der Waals surface area contributed by atoms with Crippen molar-refractivity contribution in [1.29, 1.82) is 10.8 Å². The van der Waals surface area contributed by atoms with Gasteiger partial charge in [0.1, 0.15) is 5.75 Å². The van der Waals surface area contributed by atoms with Crippen LogP contribution in [-0.4, -0.2) is 17.3 Å². The third kappa shape index (κ3) is 33.5. The molecule has 0 aromatic heterocycles. The van der Waals surface area contributed by atoms with Gasteiger partial charge in [0.05, 0.1) is 0 Å². The second-order valence-corrected chi connectivity index (χ2v) is 1.54. The molecule has 80 valence electrons. The highest BCUT2D eigenvalue weighted by atomic mass is 31.0. The van der Waals surface area contributed by atoms with Crippen molar-refractivity contribution in [2.75, 3.05) is 0 Å². The fourth-order valence-corrected chi connectivity index (χ4v) is 0.428. The van der Waals surface area contributed by atoms with Crippen LogP contribution in [0.5, 0.6) is 5.75 Å². The van der Waals surface area contributed by atoms with Gasteiger partial charge in [-0.1, -0.05) is 22.8 Å². The molecule has 0 aliphatic carbocycles. The Hall–Kier alpha value is -2.12. The molecule has 15 heavy (non-hydrogen) atoms. The summed E-state index contributed by atoms with van der Waals surface area (Å²) in [4.78, 5) is 16.7. The zero-order valence-electron chi connectivity index (χ0n) is 7.64. The number of nitrogens with one attached hydrogen (secondary N) is 2. The molecule has 0 saturated carbocycles. The molecule has 1 atom stereocenters. The number of rotatable bonds is 0. The minimum Gasteiger partial charge on any atom is -0.508 e. The van der Waals surface area contributed by atoms with E-state index in [4.69, 9.17) is 30.1 Å². The maximum atomic E-state index is 8.63. The van der Waals surface area contributed by atoms with Crippen molar-refractivity contribution >= 4 is 21.3 Å². The highest BCUT2D eigenvalue weighted by Crippen LogP contribution is 2.02. The number of carbonyl (C=O) groups excluding carboxylic acids is 2. The van der Waals surface area contributed by atoms with Crippen LogP contribution in [0.3, 0.4) is 0 Å². The third-order valence-electron chi connectivity index (χ3n) is 0.756. The molecule has 0 spiro atoms. The molecule has 1 rings (SSSR count). The Morgan fingerprint density at radius 2 is 1.27 bits per heavy atom. The van der Waals surface area contributed by atoms with Crippen molar-refractivity contribution in [3.05, 3.63) is 30.3 Å². The average Bonchev–Trinajstić information content (AvgIpc) is 2.24. The number of para-hydroxylation sites is 1. The van der Waals surface area contributed by atoms with Crippen molar-refractivity contribution in [1.82, 2.24) is 0 Å². The Labute approximate surface area is 88.2 Å². The SMILES string of the molecule is N=C=O.N=C=O.O=[PH2+].Oc1ccccc1. The lowest BCUT2D eigenvalue weighted by Crippen LogP contribution is -1.56. The van der Waals surface area contributed by atoms with Gasteiger partial charge in [-0.3, -0.25) is 0 Å². The topological polar surface area (TPSA) is 119 Å². The Morgan fingerprint density at radius 1 is 1.00 bits per heavy atom. The zero-order valence-corrected chi connectivity index (χ0v) is 8.79. The first-order valence-corrected chi connectivity index (χ1v) is 3.75. The van der Waals surface area contributed by atoms with Crippen LogP contribution in [0.25, 0.3) is 0 Å². The number of benzene rings is 1. The van der Waals surface area contributed by atoms with Gasteiger partial charge < -0.3 is 5.11 Å². The molecular weight excluding hydrogens is 219 g/mol. The summed E-state index contributed by atoms with van der Waals surface area (Å²) >= 11 is 0. The highest BCUT2D eigenvalue weighted by molar-refractivity contribution is 7.00. The summed E-state index contributed by atoms with van der Waals surface area (Å²) < 4.78 is 8.17. The maximum absolute atomic E-state index is 8.63.